The molecule has 3 nitrogen and oxygen atoms in total. The maximum atomic E-state index is 12.3. The van der Waals surface area contributed by atoms with E-state index < -0.39 is 0 Å². The molecule has 0 aromatic heterocycles. The van der Waals surface area contributed by atoms with Crippen molar-refractivity contribution in [2.45, 2.75) is 46.6 Å². The molecule has 0 saturated heterocycles. The quantitative estimate of drug-likeness (QED) is 0.800. The number of carbonyl (C=O) groups excluding carboxylic acids is 1. The van der Waals surface area contributed by atoms with E-state index in [1.807, 2.05) is 25.1 Å². The first-order chi connectivity index (χ1) is 8.83. The summed E-state index contributed by atoms with van der Waals surface area (Å²) in [5.74, 6) is 0.707. The van der Waals surface area contributed by atoms with Crippen molar-refractivity contribution in [1.82, 2.24) is 0 Å². The SMILES string of the molecule is CCOc1ccccc1C(=O)CC(N)CC(C)(C)C. The summed E-state index contributed by atoms with van der Waals surface area (Å²) >= 11 is 0. The van der Waals surface area contributed by atoms with Crippen LogP contribution in [0.25, 0.3) is 0 Å². The summed E-state index contributed by atoms with van der Waals surface area (Å²) in [6, 6.07) is 7.24. The molecule has 0 aliphatic carbocycles. The number of carbonyl (C=O) groups is 1. The predicted molar refractivity (Wildman–Crippen MR) is 78.6 cm³/mol. The third-order valence-electron chi connectivity index (χ3n) is 2.81. The second-order valence-corrected chi connectivity index (χ2v) is 6.08. The van der Waals surface area contributed by atoms with Gasteiger partial charge in [-0.3, -0.25) is 4.79 Å². The van der Waals surface area contributed by atoms with Gasteiger partial charge in [-0.15, -0.1) is 0 Å². The molecule has 1 atom stereocenters. The van der Waals surface area contributed by atoms with Crippen LogP contribution in [0.5, 0.6) is 5.75 Å². The zero-order valence-corrected chi connectivity index (χ0v) is 12.4. The molecule has 0 bridgehead atoms. The van der Waals surface area contributed by atoms with Crippen molar-refractivity contribution in [3.05, 3.63) is 29.8 Å². The minimum atomic E-state index is -0.109. The number of benzene rings is 1. The Morgan fingerprint density at radius 1 is 1.32 bits per heavy atom. The molecule has 1 unspecified atom stereocenters. The number of rotatable bonds is 6. The summed E-state index contributed by atoms with van der Waals surface area (Å²) in [6.07, 6.45) is 1.19. The number of hydrogen-bond acceptors (Lipinski definition) is 3. The van der Waals surface area contributed by atoms with Gasteiger partial charge in [0.25, 0.3) is 0 Å². The second-order valence-electron chi connectivity index (χ2n) is 6.08. The van der Waals surface area contributed by atoms with Crippen LogP contribution in [0.3, 0.4) is 0 Å². The standard InChI is InChI=1S/C16H25NO2/c1-5-19-15-9-7-6-8-13(15)14(18)10-12(17)11-16(2,3)4/h6-9,12H,5,10-11,17H2,1-4H3. The highest BCUT2D eigenvalue weighted by atomic mass is 16.5. The van der Waals surface area contributed by atoms with Gasteiger partial charge in [0.05, 0.1) is 12.2 Å². The van der Waals surface area contributed by atoms with Crippen LogP contribution in [0.2, 0.25) is 0 Å². The second kappa shape index (κ2) is 6.71. The van der Waals surface area contributed by atoms with E-state index >= 15 is 0 Å². The van der Waals surface area contributed by atoms with Crippen molar-refractivity contribution in [2.24, 2.45) is 11.1 Å². The first-order valence-electron chi connectivity index (χ1n) is 6.84. The minimum absolute atomic E-state index is 0.0563. The van der Waals surface area contributed by atoms with Crippen molar-refractivity contribution in [3.63, 3.8) is 0 Å². The van der Waals surface area contributed by atoms with Crippen LogP contribution >= 0.6 is 0 Å². The van der Waals surface area contributed by atoms with Gasteiger partial charge >= 0.3 is 0 Å². The zero-order chi connectivity index (χ0) is 14.5. The lowest BCUT2D eigenvalue weighted by Gasteiger charge is -2.22. The first kappa shape index (κ1) is 15.7. The van der Waals surface area contributed by atoms with Crippen molar-refractivity contribution in [3.8, 4) is 5.75 Å². The van der Waals surface area contributed by atoms with E-state index in [1.54, 1.807) is 6.07 Å². The van der Waals surface area contributed by atoms with Crippen LogP contribution in [0.1, 0.15) is 50.9 Å². The summed E-state index contributed by atoms with van der Waals surface area (Å²) in [5, 5.41) is 0. The van der Waals surface area contributed by atoms with Crippen molar-refractivity contribution in [2.75, 3.05) is 6.61 Å². The molecule has 106 valence electrons. The Balaban J connectivity index is 2.73. The molecule has 0 aliphatic rings. The Kier molecular flexibility index (Phi) is 5.55. The maximum Gasteiger partial charge on any atom is 0.168 e. The van der Waals surface area contributed by atoms with Gasteiger partial charge in [-0.25, -0.2) is 0 Å². The molecular formula is C16H25NO2. The zero-order valence-electron chi connectivity index (χ0n) is 12.4. The van der Waals surface area contributed by atoms with Gasteiger partial charge in [-0.2, -0.15) is 0 Å². The number of ketones is 1. The van der Waals surface area contributed by atoms with E-state index in [0.717, 1.165) is 6.42 Å². The average molecular weight is 263 g/mol. The van der Waals surface area contributed by atoms with Crippen molar-refractivity contribution < 1.29 is 9.53 Å². The van der Waals surface area contributed by atoms with Crippen LogP contribution < -0.4 is 10.5 Å². The van der Waals surface area contributed by atoms with Gasteiger partial charge in [0.15, 0.2) is 5.78 Å². The van der Waals surface area contributed by atoms with Gasteiger partial charge in [0.1, 0.15) is 5.75 Å². The van der Waals surface area contributed by atoms with E-state index in [9.17, 15) is 4.79 Å². The van der Waals surface area contributed by atoms with Gasteiger partial charge in [-0.05, 0) is 30.9 Å². The molecule has 1 aromatic carbocycles. The molecule has 1 rings (SSSR count). The summed E-state index contributed by atoms with van der Waals surface area (Å²) in [6.45, 7) is 8.85. The maximum absolute atomic E-state index is 12.3. The molecule has 3 heteroatoms. The number of ether oxygens (including phenoxy) is 1. The minimum Gasteiger partial charge on any atom is -0.493 e. The molecule has 19 heavy (non-hydrogen) atoms. The van der Waals surface area contributed by atoms with Gasteiger partial charge in [0.2, 0.25) is 0 Å². The molecule has 0 amide bonds. The van der Waals surface area contributed by atoms with Crippen molar-refractivity contribution >= 4 is 5.78 Å². The summed E-state index contributed by atoms with van der Waals surface area (Å²) in [4.78, 5) is 12.3. The normalized spacial score (nSPS) is 13.1. The van der Waals surface area contributed by atoms with Crippen LogP contribution in [-0.2, 0) is 0 Å². The van der Waals surface area contributed by atoms with E-state index in [0.29, 0.717) is 24.3 Å². The predicted octanol–water partition coefficient (Wildman–Crippen LogP) is 3.42. The van der Waals surface area contributed by atoms with E-state index in [4.69, 9.17) is 10.5 Å². The first-order valence-corrected chi connectivity index (χ1v) is 6.84. The Morgan fingerprint density at radius 2 is 1.95 bits per heavy atom. The van der Waals surface area contributed by atoms with Crippen LogP contribution in [-0.4, -0.2) is 18.4 Å². The van der Waals surface area contributed by atoms with Crippen LogP contribution in [0, 0.1) is 5.41 Å². The van der Waals surface area contributed by atoms with Gasteiger partial charge < -0.3 is 10.5 Å². The molecule has 0 saturated carbocycles. The third-order valence-corrected chi connectivity index (χ3v) is 2.81. The number of nitrogens with two attached hydrogens (primary N) is 1. The average Bonchev–Trinajstić information content (AvgIpc) is 2.27. The highest BCUT2D eigenvalue weighted by molar-refractivity contribution is 5.99. The Morgan fingerprint density at radius 3 is 2.53 bits per heavy atom. The summed E-state index contributed by atoms with van der Waals surface area (Å²) in [5.41, 5.74) is 6.83. The fraction of sp³-hybridized carbons (Fsp3) is 0.562. The number of para-hydroxylation sites is 1. The Hall–Kier alpha value is -1.35. The van der Waals surface area contributed by atoms with Crippen LogP contribution in [0.15, 0.2) is 24.3 Å². The Labute approximate surface area is 116 Å². The molecule has 1 aromatic rings. The molecular weight excluding hydrogens is 238 g/mol. The number of hydrogen-bond donors (Lipinski definition) is 1. The Bertz CT molecular complexity index is 421. The summed E-state index contributed by atoms with van der Waals surface area (Å²) < 4.78 is 5.48. The summed E-state index contributed by atoms with van der Waals surface area (Å²) in [7, 11) is 0. The molecule has 0 spiro atoms. The molecule has 0 heterocycles. The monoisotopic (exact) mass is 263 g/mol. The molecule has 2 N–H and O–H groups in total. The molecule has 0 radical (unpaired) electrons. The van der Waals surface area contributed by atoms with E-state index in [2.05, 4.69) is 20.8 Å². The smallest absolute Gasteiger partial charge is 0.168 e. The number of Topliss-reactive ketones (excluding diaryl/α,β-unsaturated/α-hetero) is 1. The van der Waals surface area contributed by atoms with Crippen LogP contribution in [0.4, 0.5) is 0 Å². The lowest BCUT2D eigenvalue weighted by atomic mass is 9.86. The third kappa shape index (κ3) is 5.43. The highest BCUT2D eigenvalue weighted by Gasteiger charge is 2.20. The van der Waals surface area contributed by atoms with Gasteiger partial charge in [-0.1, -0.05) is 32.9 Å². The fourth-order valence-electron chi connectivity index (χ4n) is 2.19. The lowest BCUT2D eigenvalue weighted by Crippen LogP contribution is -2.29. The van der Waals surface area contributed by atoms with Crippen molar-refractivity contribution in [1.29, 1.82) is 0 Å². The van der Waals surface area contributed by atoms with Gasteiger partial charge in [0, 0.05) is 12.5 Å². The highest BCUT2D eigenvalue weighted by Crippen LogP contribution is 2.24. The van der Waals surface area contributed by atoms with E-state index in [-0.39, 0.29) is 17.2 Å². The lowest BCUT2D eigenvalue weighted by molar-refractivity contribution is 0.0964. The topological polar surface area (TPSA) is 52.3 Å². The fourth-order valence-corrected chi connectivity index (χ4v) is 2.19. The largest absolute Gasteiger partial charge is 0.493 e. The molecule has 0 fully saturated rings. The molecule has 0 aliphatic heterocycles. The van der Waals surface area contributed by atoms with E-state index in [1.165, 1.54) is 0 Å².